The Hall–Kier alpha value is -0.960. The van der Waals surface area contributed by atoms with Crippen molar-refractivity contribution in [2.75, 3.05) is 6.54 Å². The normalized spacial score (nSPS) is 26.3. The molecule has 0 spiro atoms. The van der Waals surface area contributed by atoms with Gasteiger partial charge in [-0.05, 0) is 37.3 Å². The molecule has 2 heterocycles. The first-order valence-corrected chi connectivity index (χ1v) is 6.15. The highest BCUT2D eigenvalue weighted by atomic mass is 15.0. The van der Waals surface area contributed by atoms with E-state index in [1.165, 1.54) is 23.4 Å². The van der Waals surface area contributed by atoms with Crippen LogP contribution in [0.1, 0.15) is 49.0 Å². The zero-order valence-electron chi connectivity index (χ0n) is 10.3. The van der Waals surface area contributed by atoms with Gasteiger partial charge < -0.3 is 5.32 Å². The number of hydrogen-bond donors (Lipinski definition) is 1. The predicted octanol–water partition coefficient (Wildman–Crippen LogP) is 1.94. The Kier molecular flexibility index (Phi) is 2.08. The van der Waals surface area contributed by atoms with Crippen LogP contribution in [0.5, 0.6) is 0 Å². The van der Waals surface area contributed by atoms with Crippen molar-refractivity contribution in [3.8, 4) is 0 Å². The Labute approximate surface area is 96.7 Å². The summed E-state index contributed by atoms with van der Waals surface area (Å²) >= 11 is 0. The molecule has 2 aliphatic rings. The number of rotatable bonds is 1. The third-order valence-corrected chi connectivity index (χ3v) is 3.99. The van der Waals surface area contributed by atoms with Crippen LogP contribution in [-0.4, -0.2) is 16.5 Å². The molecule has 3 nitrogen and oxygen atoms in total. The van der Waals surface area contributed by atoms with Gasteiger partial charge in [-0.1, -0.05) is 13.8 Å². The van der Waals surface area contributed by atoms with Crippen molar-refractivity contribution in [1.29, 1.82) is 0 Å². The van der Waals surface area contributed by atoms with Gasteiger partial charge in [-0.25, -0.2) is 9.97 Å². The van der Waals surface area contributed by atoms with Crippen molar-refractivity contribution in [3.05, 3.63) is 22.8 Å². The Morgan fingerprint density at radius 1 is 1.31 bits per heavy atom. The fraction of sp³-hybridized carbons (Fsp3) is 0.692. The fourth-order valence-electron chi connectivity index (χ4n) is 2.63. The zero-order chi connectivity index (χ0) is 11.3. The molecule has 1 aromatic heterocycles. The molecule has 1 saturated carbocycles. The summed E-state index contributed by atoms with van der Waals surface area (Å²) in [5.74, 6) is 1.66. The second kappa shape index (κ2) is 3.27. The van der Waals surface area contributed by atoms with Gasteiger partial charge in [-0.2, -0.15) is 0 Å². The maximum atomic E-state index is 4.76. The van der Waals surface area contributed by atoms with E-state index in [-0.39, 0.29) is 0 Å². The number of aryl methyl sites for hydroxylation is 1. The highest BCUT2D eigenvalue weighted by molar-refractivity contribution is 5.30. The van der Waals surface area contributed by atoms with Gasteiger partial charge >= 0.3 is 0 Å². The van der Waals surface area contributed by atoms with Crippen LogP contribution in [-0.2, 0) is 13.0 Å². The van der Waals surface area contributed by atoms with Gasteiger partial charge in [-0.15, -0.1) is 0 Å². The number of nitrogens with zero attached hydrogens (tertiary/aromatic N) is 2. The first-order chi connectivity index (χ1) is 7.58. The van der Waals surface area contributed by atoms with E-state index in [0.29, 0.717) is 11.3 Å². The van der Waals surface area contributed by atoms with Crippen LogP contribution in [0.25, 0.3) is 0 Å². The lowest BCUT2D eigenvalue weighted by Gasteiger charge is -2.19. The zero-order valence-corrected chi connectivity index (χ0v) is 10.3. The average molecular weight is 217 g/mol. The predicted molar refractivity (Wildman–Crippen MR) is 63.3 cm³/mol. The van der Waals surface area contributed by atoms with E-state index in [0.717, 1.165) is 25.3 Å². The van der Waals surface area contributed by atoms with E-state index in [4.69, 9.17) is 9.97 Å². The molecule has 1 aliphatic heterocycles. The van der Waals surface area contributed by atoms with Gasteiger partial charge in [0.05, 0.1) is 5.69 Å². The quantitative estimate of drug-likeness (QED) is 0.781. The van der Waals surface area contributed by atoms with Crippen molar-refractivity contribution in [1.82, 2.24) is 15.3 Å². The Morgan fingerprint density at radius 3 is 2.75 bits per heavy atom. The van der Waals surface area contributed by atoms with Gasteiger partial charge in [0, 0.05) is 18.2 Å². The van der Waals surface area contributed by atoms with E-state index in [2.05, 4.69) is 26.1 Å². The Balaban J connectivity index is 2.00. The molecule has 0 aromatic carbocycles. The molecule has 86 valence electrons. The van der Waals surface area contributed by atoms with E-state index < -0.39 is 0 Å². The van der Waals surface area contributed by atoms with Crippen LogP contribution in [0.4, 0.5) is 0 Å². The van der Waals surface area contributed by atoms with Gasteiger partial charge in [0.15, 0.2) is 0 Å². The molecule has 1 unspecified atom stereocenters. The summed E-state index contributed by atoms with van der Waals surface area (Å²) in [6.07, 6.45) is 2.31. The highest BCUT2D eigenvalue weighted by Crippen LogP contribution is 2.57. The fourth-order valence-corrected chi connectivity index (χ4v) is 2.63. The van der Waals surface area contributed by atoms with Crippen LogP contribution >= 0.6 is 0 Å². The molecule has 3 heteroatoms. The first kappa shape index (κ1) is 10.2. The molecule has 0 radical (unpaired) electrons. The van der Waals surface area contributed by atoms with Crippen molar-refractivity contribution in [3.63, 3.8) is 0 Å². The summed E-state index contributed by atoms with van der Waals surface area (Å²) in [5.41, 5.74) is 4.23. The van der Waals surface area contributed by atoms with E-state index in [1.54, 1.807) is 0 Å². The summed E-state index contributed by atoms with van der Waals surface area (Å²) in [6, 6.07) is 0. The summed E-state index contributed by atoms with van der Waals surface area (Å²) in [4.78, 5) is 9.46. The lowest BCUT2D eigenvalue weighted by Crippen LogP contribution is -2.26. The molecule has 1 atom stereocenters. The minimum absolute atomic E-state index is 0.419. The van der Waals surface area contributed by atoms with Crippen LogP contribution in [0.2, 0.25) is 0 Å². The van der Waals surface area contributed by atoms with Crippen LogP contribution in [0.3, 0.4) is 0 Å². The van der Waals surface area contributed by atoms with Crippen molar-refractivity contribution < 1.29 is 0 Å². The topological polar surface area (TPSA) is 37.8 Å². The third-order valence-electron chi connectivity index (χ3n) is 3.99. The lowest BCUT2D eigenvalue weighted by atomic mass is 10.0. The lowest BCUT2D eigenvalue weighted by molar-refractivity contribution is 0.585. The maximum Gasteiger partial charge on any atom is 0.132 e. The summed E-state index contributed by atoms with van der Waals surface area (Å²) in [7, 11) is 0. The maximum absolute atomic E-state index is 4.76. The minimum Gasteiger partial charge on any atom is -0.311 e. The van der Waals surface area contributed by atoms with Crippen molar-refractivity contribution in [2.45, 2.75) is 46.1 Å². The smallest absolute Gasteiger partial charge is 0.132 e. The van der Waals surface area contributed by atoms with Gasteiger partial charge in [0.25, 0.3) is 0 Å². The molecule has 0 bridgehead atoms. The summed E-state index contributed by atoms with van der Waals surface area (Å²) in [5, 5.41) is 3.39. The molecule has 1 fully saturated rings. The number of fused-ring (bicyclic) bond motifs is 1. The molecule has 3 rings (SSSR count). The number of nitrogens with one attached hydrogen (secondary N) is 1. The SMILES string of the molecule is Cc1nc(C2CC2(C)C)nc2c1CCNC2. The van der Waals surface area contributed by atoms with Crippen molar-refractivity contribution in [2.24, 2.45) is 5.41 Å². The largest absolute Gasteiger partial charge is 0.311 e. The molecule has 0 saturated heterocycles. The number of hydrogen-bond acceptors (Lipinski definition) is 3. The molecular weight excluding hydrogens is 198 g/mol. The first-order valence-electron chi connectivity index (χ1n) is 6.15. The van der Waals surface area contributed by atoms with Crippen molar-refractivity contribution >= 4 is 0 Å². The van der Waals surface area contributed by atoms with E-state index >= 15 is 0 Å². The summed E-state index contributed by atoms with van der Waals surface area (Å²) < 4.78 is 0. The third kappa shape index (κ3) is 1.54. The molecule has 16 heavy (non-hydrogen) atoms. The minimum atomic E-state index is 0.419. The molecule has 1 aromatic rings. The molecule has 1 aliphatic carbocycles. The van der Waals surface area contributed by atoms with Crippen LogP contribution < -0.4 is 5.32 Å². The van der Waals surface area contributed by atoms with Gasteiger partial charge in [-0.3, -0.25) is 0 Å². The van der Waals surface area contributed by atoms with Crippen LogP contribution in [0.15, 0.2) is 0 Å². The van der Waals surface area contributed by atoms with Crippen LogP contribution in [0, 0.1) is 12.3 Å². The average Bonchev–Trinajstić information content (AvgIpc) is 2.88. The van der Waals surface area contributed by atoms with E-state index in [1.807, 2.05) is 0 Å². The number of aromatic nitrogens is 2. The van der Waals surface area contributed by atoms with Gasteiger partial charge in [0.1, 0.15) is 5.82 Å². The second-order valence-corrected chi connectivity index (χ2v) is 5.76. The highest BCUT2D eigenvalue weighted by Gasteiger charge is 2.48. The standard InChI is InChI=1S/C13H19N3/c1-8-9-4-5-14-7-11(9)16-12(15-8)10-6-13(10,2)3/h10,14H,4-7H2,1-3H3. The Morgan fingerprint density at radius 2 is 2.06 bits per heavy atom. The summed E-state index contributed by atoms with van der Waals surface area (Å²) in [6.45, 7) is 8.71. The van der Waals surface area contributed by atoms with E-state index in [9.17, 15) is 0 Å². The molecule has 1 N–H and O–H groups in total. The van der Waals surface area contributed by atoms with Gasteiger partial charge in [0.2, 0.25) is 0 Å². The molecule has 0 amide bonds. The molecular formula is C13H19N3. The monoisotopic (exact) mass is 217 g/mol. The second-order valence-electron chi connectivity index (χ2n) is 5.76. The Bertz CT molecular complexity index is 437.